The second kappa shape index (κ2) is 4.53. The van der Waals surface area contributed by atoms with E-state index in [-0.39, 0.29) is 6.04 Å². The summed E-state index contributed by atoms with van der Waals surface area (Å²) in [6.45, 7) is 6.47. The van der Waals surface area contributed by atoms with Crippen LogP contribution in [0, 0.1) is 6.92 Å². The second-order valence-electron chi connectivity index (χ2n) is 4.97. The van der Waals surface area contributed by atoms with Crippen molar-refractivity contribution in [2.24, 2.45) is 12.8 Å². The number of nitrogens with two attached hydrogens (primary N) is 1. The standard InChI is InChI=1S/C15H22N2/c1-5-12-7-6-8-13-14(9-10(2)16)11(3)17(4)15(12)13/h6-8,10H,5,9,16H2,1-4H3. The minimum atomic E-state index is 0.213. The predicted molar refractivity (Wildman–Crippen MR) is 74.4 cm³/mol. The molecule has 17 heavy (non-hydrogen) atoms. The fourth-order valence-electron chi connectivity index (χ4n) is 2.66. The second-order valence-corrected chi connectivity index (χ2v) is 4.97. The molecular formula is C15H22N2. The summed E-state index contributed by atoms with van der Waals surface area (Å²) in [7, 11) is 2.15. The molecule has 0 fully saturated rings. The third-order valence-corrected chi connectivity index (χ3v) is 3.63. The lowest BCUT2D eigenvalue weighted by molar-refractivity contribution is 0.732. The highest BCUT2D eigenvalue weighted by atomic mass is 14.9. The van der Waals surface area contributed by atoms with Gasteiger partial charge < -0.3 is 10.3 Å². The molecule has 0 saturated carbocycles. The van der Waals surface area contributed by atoms with Gasteiger partial charge in [0, 0.05) is 24.2 Å². The topological polar surface area (TPSA) is 30.9 Å². The molecule has 2 N–H and O–H groups in total. The first-order chi connectivity index (χ1) is 8.06. The first-order valence-corrected chi connectivity index (χ1v) is 6.37. The van der Waals surface area contributed by atoms with Crippen molar-refractivity contribution < 1.29 is 0 Å². The third kappa shape index (κ3) is 1.98. The molecule has 1 unspecified atom stereocenters. The van der Waals surface area contributed by atoms with Crippen molar-refractivity contribution >= 4 is 10.9 Å². The van der Waals surface area contributed by atoms with Crippen LogP contribution in [0.25, 0.3) is 10.9 Å². The molecule has 1 atom stereocenters. The van der Waals surface area contributed by atoms with Gasteiger partial charge in [0.15, 0.2) is 0 Å². The van der Waals surface area contributed by atoms with Crippen molar-refractivity contribution in [1.29, 1.82) is 0 Å². The van der Waals surface area contributed by atoms with E-state index in [0.29, 0.717) is 0 Å². The number of rotatable bonds is 3. The Morgan fingerprint density at radius 3 is 2.65 bits per heavy atom. The molecule has 0 aliphatic heterocycles. The van der Waals surface area contributed by atoms with Crippen LogP contribution in [0.5, 0.6) is 0 Å². The first-order valence-electron chi connectivity index (χ1n) is 6.37. The van der Waals surface area contributed by atoms with Gasteiger partial charge in [-0.05, 0) is 37.8 Å². The van der Waals surface area contributed by atoms with Crippen LogP contribution in [0.2, 0.25) is 0 Å². The van der Waals surface area contributed by atoms with Crippen molar-refractivity contribution in [2.45, 2.75) is 39.7 Å². The molecule has 0 aliphatic rings. The predicted octanol–water partition coefficient (Wildman–Crippen LogP) is 2.94. The number of aryl methyl sites for hydroxylation is 2. The van der Waals surface area contributed by atoms with Crippen LogP contribution in [-0.2, 0) is 19.9 Å². The molecule has 0 spiro atoms. The summed E-state index contributed by atoms with van der Waals surface area (Å²) in [5.41, 5.74) is 11.5. The van der Waals surface area contributed by atoms with Gasteiger partial charge >= 0.3 is 0 Å². The van der Waals surface area contributed by atoms with Gasteiger partial charge in [0.1, 0.15) is 0 Å². The average Bonchev–Trinajstić information content (AvgIpc) is 2.54. The van der Waals surface area contributed by atoms with Crippen LogP contribution >= 0.6 is 0 Å². The molecule has 92 valence electrons. The van der Waals surface area contributed by atoms with E-state index in [0.717, 1.165) is 12.8 Å². The summed E-state index contributed by atoms with van der Waals surface area (Å²) < 4.78 is 2.31. The zero-order valence-electron chi connectivity index (χ0n) is 11.2. The van der Waals surface area contributed by atoms with Gasteiger partial charge in [-0.2, -0.15) is 0 Å². The fourth-order valence-corrected chi connectivity index (χ4v) is 2.66. The highest BCUT2D eigenvalue weighted by Crippen LogP contribution is 2.28. The van der Waals surface area contributed by atoms with Crippen molar-refractivity contribution in [1.82, 2.24) is 4.57 Å². The Kier molecular flexibility index (Phi) is 3.25. The number of benzene rings is 1. The Balaban J connectivity index is 2.73. The van der Waals surface area contributed by atoms with Crippen LogP contribution in [0.15, 0.2) is 18.2 Å². The van der Waals surface area contributed by atoms with Crippen LogP contribution in [0.1, 0.15) is 30.7 Å². The maximum Gasteiger partial charge on any atom is 0.0515 e. The number of nitrogens with zero attached hydrogens (tertiary/aromatic N) is 1. The van der Waals surface area contributed by atoms with Gasteiger partial charge in [0.25, 0.3) is 0 Å². The van der Waals surface area contributed by atoms with E-state index in [9.17, 15) is 0 Å². The quantitative estimate of drug-likeness (QED) is 0.863. The van der Waals surface area contributed by atoms with E-state index in [2.05, 4.69) is 50.6 Å². The van der Waals surface area contributed by atoms with Crippen LogP contribution in [0.3, 0.4) is 0 Å². The van der Waals surface area contributed by atoms with Gasteiger partial charge in [-0.1, -0.05) is 25.1 Å². The Morgan fingerprint density at radius 2 is 2.06 bits per heavy atom. The molecule has 1 heterocycles. The largest absolute Gasteiger partial charge is 0.347 e. The van der Waals surface area contributed by atoms with Crippen molar-refractivity contribution in [3.63, 3.8) is 0 Å². The van der Waals surface area contributed by atoms with Gasteiger partial charge in [0.05, 0.1) is 5.52 Å². The number of fused-ring (bicyclic) bond motifs is 1. The zero-order valence-corrected chi connectivity index (χ0v) is 11.2. The highest BCUT2D eigenvalue weighted by Gasteiger charge is 2.14. The van der Waals surface area contributed by atoms with E-state index < -0.39 is 0 Å². The Bertz CT molecular complexity index is 535. The molecule has 2 rings (SSSR count). The average molecular weight is 230 g/mol. The molecule has 2 nitrogen and oxygen atoms in total. The molecule has 0 aliphatic carbocycles. The zero-order chi connectivity index (χ0) is 12.6. The van der Waals surface area contributed by atoms with Crippen LogP contribution < -0.4 is 5.73 Å². The molecule has 0 saturated heterocycles. The Morgan fingerprint density at radius 1 is 1.35 bits per heavy atom. The normalized spacial score (nSPS) is 13.2. The molecular weight excluding hydrogens is 208 g/mol. The van der Waals surface area contributed by atoms with Gasteiger partial charge in [-0.25, -0.2) is 0 Å². The van der Waals surface area contributed by atoms with Gasteiger partial charge in [0.2, 0.25) is 0 Å². The monoisotopic (exact) mass is 230 g/mol. The molecule has 2 aromatic rings. The van der Waals surface area contributed by atoms with E-state index in [1.165, 1.54) is 27.7 Å². The molecule has 0 radical (unpaired) electrons. The van der Waals surface area contributed by atoms with E-state index in [1.54, 1.807) is 0 Å². The van der Waals surface area contributed by atoms with Crippen LogP contribution in [0.4, 0.5) is 0 Å². The smallest absolute Gasteiger partial charge is 0.0515 e. The fraction of sp³-hybridized carbons (Fsp3) is 0.467. The SMILES string of the molecule is CCc1cccc2c(CC(C)N)c(C)n(C)c12. The molecule has 0 amide bonds. The Labute approximate surface area is 103 Å². The summed E-state index contributed by atoms with van der Waals surface area (Å²) in [4.78, 5) is 0. The molecule has 0 bridgehead atoms. The van der Waals surface area contributed by atoms with E-state index in [1.807, 2.05) is 0 Å². The summed E-state index contributed by atoms with van der Waals surface area (Å²) in [6.07, 6.45) is 2.03. The minimum absolute atomic E-state index is 0.213. The number of para-hydroxylation sites is 1. The summed E-state index contributed by atoms with van der Waals surface area (Å²) in [5, 5.41) is 1.38. The van der Waals surface area contributed by atoms with Gasteiger partial charge in [-0.15, -0.1) is 0 Å². The number of hydrogen-bond donors (Lipinski definition) is 1. The lowest BCUT2D eigenvalue weighted by Crippen LogP contribution is -2.18. The third-order valence-electron chi connectivity index (χ3n) is 3.63. The number of aromatic nitrogens is 1. The summed E-state index contributed by atoms with van der Waals surface area (Å²) in [6, 6.07) is 6.81. The van der Waals surface area contributed by atoms with Crippen molar-refractivity contribution in [3.05, 3.63) is 35.0 Å². The maximum atomic E-state index is 5.95. The minimum Gasteiger partial charge on any atom is -0.347 e. The maximum absolute atomic E-state index is 5.95. The molecule has 1 aromatic heterocycles. The van der Waals surface area contributed by atoms with Crippen molar-refractivity contribution in [2.75, 3.05) is 0 Å². The molecule has 1 aromatic carbocycles. The molecule has 2 heteroatoms. The van der Waals surface area contributed by atoms with Gasteiger partial charge in [-0.3, -0.25) is 0 Å². The Hall–Kier alpha value is -1.28. The highest BCUT2D eigenvalue weighted by molar-refractivity contribution is 5.88. The number of hydrogen-bond acceptors (Lipinski definition) is 1. The lowest BCUT2D eigenvalue weighted by Gasteiger charge is -2.05. The first kappa shape index (κ1) is 12.2. The van der Waals surface area contributed by atoms with E-state index >= 15 is 0 Å². The van der Waals surface area contributed by atoms with Crippen molar-refractivity contribution in [3.8, 4) is 0 Å². The van der Waals surface area contributed by atoms with E-state index in [4.69, 9.17) is 5.73 Å². The summed E-state index contributed by atoms with van der Waals surface area (Å²) >= 11 is 0. The lowest BCUT2D eigenvalue weighted by atomic mass is 10.0. The summed E-state index contributed by atoms with van der Waals surface area (Å²) in [5.74, 6) is 0. The van der Waals surface area contributed by atoms with Crippen LogP contribution in [-0.4, -0.2) is 10.6 Å².